The van der Waals surface area contributed by atoms with Crippen molar-refractivity contribution in [2.75, 3.05) is 18.0 Å². The molecule has 0 spiro atoms. The van der Waals surface area contributed by atoms with Gasteiger partial charge in [0.25, 0.3) is 0 Å². The third-order valence-electron chi connectivity index (χ3n) is 5.59. The maximum atomic E-state index is 13.1. The number of hydrogen-bond donors (Lipinski definition) is 0. The van der Waals surface area contributed by atoms with Crippen LogP contribution in [0.3, 0.4) is 0 Å². The SMILES string of the molecule is N#CC1=CC=CCC1S(=O)(=O)N1CCC(N2C(=O)OCc3cc(Cl)ccc32)CC1. The molecule has 0 aromatic heterocycles. The highest BCUT2D eigenvalue weighted by molar-refractivity contribution is 7.90. The van der Waals surface area contributed by atoms with E-state index in [1.807, 2.05) is 6.07 Å². The van der Waals surface area contributed by atoms with Gasteiger partial charge in [-0.25, -0.2) is 17.5 Å². The molecule has 1 aromatic carbocycles. The maximum absolute atomic E-state index is 13.1. The van der Waals surface area contributed by atoms with Crippen LogP contribution in [-0.2, 0) is 21.4 Å². The highest BCUT2D eigenvalue weighted by Gasteiger charge is 2.40. The van der Waals surface area contributed by atoms with Gasteiger partial charge in [-0.2, -0.15) is 5.26 Å². The van der Waals surface area contributed by atoms with E-state index in [4.69, 9.17) is 16.3 Å². The summed E-state index contributed by atoms with van der Waals surface area (Å²) in [4.78, 5) is 14.1. The molecule has 152 valence electrons. The number of allylic oxidation sites excluding steroid dienone is 3. The number of nitrogens with zero attached hydrogens (tertiary/aromatic N) is 3. The number of hydrogen-bond acceptors (Lipinski definition) is 5. The van der Waals surface area contributed by atoms with Gasteiger partial charge < -0.3 is 4.74 Å². The van der Waals surface area contributed by atoms with Gasteiger partial charge in [-0.15, -0.1) is 0 Å². The molecule has 1 fully saturated rings. The topological polar surface area (TPSA) is 90.7 Å². The Labute approximate surface area is 174 Å². The number of fused-ring (bicyclic) bond motifs is 1. The van der Waals surface area contributed by atoms with E-state index in [0.717, 1.165) is 11.3 Å². The van der Waals surface area contributed by atoms with Gasteiger partial charge >= 0.3 is 6.09 Å². The smallest absolute Gasteiger partial charge is 0.414 e. The predicted molar refractivity (Wildman–Crippen MR) is 109 cm³/mol. The van der Waals surface area contributed by atoms with Gasteiger partial charge in [-0.3, -0.25) is 4.90 Å². The molecule has 1 atom stereocenters. The molecular weight excluding hydrogens is 414 g/mol. The second-order valence-corrected chi connectivity index (χ2v) is 9.81. The fourth-order valence-corrected chi connectivity index (χ4v) is 6.17. The zero-order valence-corrected chi connectivity index (χ0v) is 17.2. The van der Waals surface area contributed by atoms with Crippen LogP contribution in [0.4, 0.5) is 10.5 Å². The minimum absolute atomic E-state index is 0.161. The first-order valence-electron chi connectivity index (χ1n) is 9.42. The van der Waals surface area contributed by atoms with Crippen LogP contribution in [-0.4, -0.2) is 43.2 Å². The zero-order valence-electron chi connectivity index (χ0n) is 15.6. The molecule has 0 bridgehead atoms. The Morgan fingerprint density at radius 2 is 2.00 bits per heavy atom. The van der Waals surface area contributed by atoms with Crippen LogP contribution in [0.15, 0.2) is 42.0 Å². The molecule has 4 rings (SSSR count). The molecule has 29 heavy (non-hydrogen) atoms. The number of sulfonamides is 1. The Balaban J connectivity index is 1.50. The van der Waals surface area contributed by atoms with Gasteiger partial charge in [-0.05, 0) is 43.5 Å². The lowest BCUT2D eigenvalue weighted by Gasteiger charge is -2.40. The Hall–Kier alpha value is -2.34. The molecule has 3 aliphatic rings. The third-order valence-corrected chi connectivity index (χ3v) is 8.08. The van der Waals surface area contributed by atoms with Crippen molar-refractivity contribution in [1.82, 2.24) is 4.31 Å². The summed E-state index contributed by atoms with van der Waals surface area (Å²) >= 11 is 6.05. The first kappa shape index (κ1) is 20.0. The second-order valence-electron chi connectivity index (χ2n) is 7.26. The van der Waals surface area contributed by atoms with Crippen molar-refractivity contribution in [2.24, 2.45) is 0 Å². The van der Waals surface area contributed by atoms with Crippen molar-refractivity contribution in [1.29, 1.82) is 5.26 Å². The van der Waals surface area contributed by atoms with Crippen LogP contribution in [0, 0.1) is 11.3 Å². The summed E-state index contributed by atoms with van der Waals surface area (Å²) < 4.78 is 32.9. The average Bonchev–Trinajstić information content (AvgIpc) is 2.74. The molecule has 1 saturated heterocycles. The average molecular weight is 434 g/mol. The van der Waals surface area contributed by atoms with E-state index in [0.29, 0.717) is 37.4 Å². The number of piperidine rings is 1. The van der Waals surface area contributed by atoms with E-state index in [1.165, 1.54) is 4.31 Å². The molecule has 1 unspecified atom stereocenters. The zero-order chi connectivity index (χ0) is 20.6. The number of amides is 1. The number of ether oxygens (including phenoxy) is 1. The van der Waals surface area contributed by atoms with Gasteiger partial charge in [0.1, 0.15) is 11.9 Å². The number of anilines is 1. The number of halogens is 1. The highest BCUT2D eigenvalue weighted by atomic mass is 35.5. The number of nitriles is 1. The van der Waals surface area contributed by atoms with Gasteiger partial charge in [0, 0.05) is 35.3 Å². The van der Waals surface area contributed by atoms with Crippen LogP contribution < -0.4 is 4.90 Å². The number of benzene rings is 1. The monoisotopic (exact) mass is 433 g/mol. The largest absolute Gasteiger partial charge is 0.444 e. The first-order chi connectivity index (χ1) is 13.9. The summed E-state index contributed by atoms with van der Waals surface area (Å²) in [6.45, 7) is 0.758. The Morgan fingerprint density at radius 3 is 2.72 bits per heavy atom. The van der Waals surface area contributed by atoms with Crippen LogP contribution in [0.2, 0.25) is 5.02 Å². The lowest BCUT2D eigenvalue weighted by molar-refractivity contribution is 0.136. The quantitative estimate of drug-likeness (QED) is 0.728. The van der Waals surface area contributed by atoms with Gasteiger partial charge in [-0.1, -0.05) is 23.8 Å². The fourth-order valence-electron chi connectivity index (χ4n) is 4.09. The molecule has 2 heterocycles. The van der Waals surface area contributed by atoms with E-state index in [2.05, 4.69) is 0 Å². The lowest BCUT2D eigenvalue weighted by atomic mass is 10.0. The molecule has 1 aliphatic carbocycles. The van der Waals surface area contributed by atoms with Crippen LogP contribution in [0.25, 0.3) is 0 Å². The number of cyclic esters (lactones) is 1. The van der Waals surface area contributed by atoms with E-state index in [1.54, 1.807) is 41.3 Å². The Morgan fingerprint density at radius 1 is 1.24 bits per heavy atom. The number of carbonyl (C=O) groups is 1. The Kier molecular flexibility index (Phi) is 5.38. The van der Waals surface area contributed by atoms with Crippen molar-refractivity contribution in [2.45, 2.75) is 37.2 Å². The van der Waals surface area contributed by atoms with Gasteiger partial charge in [0.15, 0.2) is 0 Å². The van der Waals surface area contributed by atoms with Gasteiger partial charge in [0.2, 0.25) is 10.0 Å². The maximum Gasteiger partial charge on any atom is 0.414 e. The minimum atomic E-state index is -3.64. The van der Waals surface area contributed by atoms with E-state index in [-0.39, 0.29) is 18.2 Å². The fraction of sp³-hybridized carbons (Fsp3) is 0.400. The standard InChI is InChI=1S/C20H20ClN3O4S/c21-16-5-6-18-15(11-16)13-28-20(25)24(18)17-7-9-23(10-8-17)29(26,27)19-4-2-1-3-14(19)12-22/h1-3,5-6,11,17,19H,4,7-10,13H2. The number of rotatable bonds is 3. The molecule has 1 aromatic rings. The van der Waals surface area contributed by atoms with Crippen molar-refractivity contribution in [3.63, 3.8) is 0 Å². The van der Waals surface area contributed by atoms with Crippen molar-refractivity contribution < 1.29 is 17.9 Å². The summed E-state index contributed by atoms with van der Waals surface area (Å²) in [5.41, 5.74) is 1.86. The summed E-state index contributed by atoms with van der Waals surface area (Å²) in [7, 11) is -3.64. The van der Waals surface area contributed by atoms with Crippen LogP contribution in [0.5, 0.6) is 0 Å². The summed E-state index contributed by atoms with van der Waals surface area (Å²) in [6.07, 6.45) is 5.89. The molecular formula is C20H20ClN3O4S. The van der Waals surface area contributed by atoms with Crippen LogP contribution in [0.1, 0.15) is 24.8 Å². The summed E-state index contributed by atoms with van der Waals surface area (Å²) in [5, 5.41) is 9.01. The third kappa shape index (κ3) is 3.66. The van der Waals surface area contributed by atoms with Gasteiger partial charge in [0.05, 0.1) is 11.8 Å². The molecule has 0 N–H and O–H groups in total. The molecule has 1 amide bonds. The van der Waals surface area contributed by atoms with Crippen molar-refractivity contribution in [3.05, 3.63) is 52.6 Å². The van der Waals surface area contributed by atoms with Crippen molar-refractivity contribution in [3.8, 4) is 6.07 Å². The van der Waals surface area contributed by atoms with Crippen molar-refractivity contribution >= 4 is 33.4 Å². The highest BCUT2D eigenvalue weighted by Crippen LogP contribution is 2.34. The normalized spacial score (nSPS) is 23.2. The second kappa shape index (κ2) is 7.82. The number of carbonyl (C=O) groups excluding carboxylic acids is 1. The van der Waals surface area contributed by atoms with E-state index < -0.39 is 21.4 Å². The summed E-state index contributed by atoms with van der Waals surface area (Å²) in [5.74, 6) is 0. The molecule has 9 heteroatoms. The molecule has 0 radical (unpaired) electrons. The predicted octanol–water partition coefficient (Wildman–Crippen LogP) is 3.37. The minimum Gasteiger partial charge on any atom is -0.444 e. The lowest BCUT2D eigenvalue weighted by Crippen LogP contribution is -2.52. The first-order valence-corrected chi connectivity index (χ1v) is 11.3. The molecule has 0 saturated carbocycles. The molecule has 7 nitrogen and oxygen atoms in total. The van der Waals surface area contributed by atoms with Crippen LogP contribution >= 0.6 is 11.6 Å². The molecule has 2 aliphatic heterocycles. The Bertz CT molecular complexity index is 1040. The van der Waals surface area contributed by atoms with E-state index in [9.17, 15) is 18.5 Å². The summed E-state index contributed by atoms with van der Waals surface area (Å²) in [6, 6.07) is 7.16. The van der Waals surface area contributed by atoms with E-state index >= 15 is 0 Å².